The first-order valence-corrected chi connectivity index (χ1v) is 11.1. The second kappa shape index (κ2) is 7.11. The smallest absolute Gasteiger partial charge is 0.272 e. The van der Waals surface area contributed by atoms with Gasteiger partial charge in [-0.15, -0.1) is 11.3 Å². The molecule has 1 aliphatic carbocycles. The molecule has 5 rings (SSSR count). The monoisotopic (exact) mass is 410 g/mol. The second-order valence-electron chi connectivity index (χ2n) is 8.27. The van der Waals surface area contributed by atoms with Crippen molar-refractivity contribution in [1.82, 2.24) is 25.4 Å². The number of anilines is 2. The van der Waals surface area contributed by atoms with E-state index in [4.69, 9.17) is 4.98 Å². The minimum atomic E-state index is 0.00699. The number of hydrogen-bond acceptors (Lipinski definition) is 6. The predicted octanol–water partition coefficient (Wildman–Crippen LogP) is 3.69. The molecule has 1 saturated carbocycles. The third kappa shape index (κ3) is 3.40. The molecule has 3 aromatic heterocycles. The van der Waals surface area contributed by atoms with Gasteiger partial charge in [0.05, 0.1) is 0 Å². The lowest BCUT2D eigenvalue weighted by atomic mass is 10.1. The number of carbonyl (C=O) groups excluding carboxylic acids is 1. The van der Waals surface area contributed by atoms with Crippen molar-refractivity contribution in [3.8, 4) is 0 Å². The van der Waals surface area contributed by atoms with Crippen molar-refractivity contribution < 1.29 is 4.79 Å². The molecule has 0 unspecified atom stereocenters. The van der Waals surface area contributed by atoms with Crippen LogP contribution in [0.3, 0.4) is 0 Å². The van der Waals surface area contributed by atoms with Crippen LogP contribution in [-0.4, -0.2) is 51.7 Å². The summed E-state index contributed by atoms with van der Waals surface area (Å²) in [6.07, 6.45) is 2.44. The Morgan fingerprint density at radius 2 is 2.17 bits per heavy atom. The van der Waals surface area contributed by atoms with Gasteiger partial charge in [-0.3, -0.25) is 9.89 Å². The molecule has 2 fully saturated rings. The Morgan fingerprint density at radius 1 is 1.34 bits per heavy atom. The molecule has 1 amide bonds. The standard InChI is InChI=1S/C21H26N6OS/c1-11-10-29-19-13(3)18(21(28)27-7-6-22-12(2)9-27)24-20(17(11)19)23-16-8-15(25-26-16)14-4-5-14/h8,10,12,14,22H,4-7,9H2,1-3H3,(H2,23,24,25,26)/t12-/m1/s1. The summed E-state index contributed by atoms with van der Waals surface area (Å²) in [5.74, 6) is 2.08. The summed E-state index contributed by atoms with van der Waals surface area (Å²) in [5, 5.41) is 17.5. The molecular formula is C21H26N6OS. The largest absolute Gasteiger partial charge is 0.334 e. The topological polar surface area (TPSA) is 85.9 Å². The van der Waals surface area contributed by atoms with Crippen LogP contribution in [0.2, 0.25) is 0 Å². The van der Waals surface area contributed by atoms with E-state index in [9.17, 15) is 4.79 Å². The molecule has 3 N–H and O–H groups in total. The first-order valence-electron chi connectivity index (χ1n) is 10.2. The molecule has 1 atom stereocenters. The molecule has 0 aromatic carbocycles. The average Bonchev–Trinajstić information content (AvgIpc) is 3.33. The van der Waals surface area contributed by atoms with Gasteiger partial charge in [-0.1, -0.05) is 0 Å². The van der Waals surface area contributed by atoms with Gasteiger partial charge >= 0.3 is 0 Å². The number of nitrogens with one attached hydrogen (secondary N) is 3. The van der Waals surface area contributed by atoms with Crippen molar-refractivity contribution >= 4 is 39.0 Å². The van der Waals surface area contributed by atoms with E-state index in [1.807, 2.05) is 11.8 Å². The number of amides is 1. The number of aromatic nitrogens is 3. The molecule has 4 heterocycles. The van der Waals surface area contributed by atoms with Crippen LogP contribution in [0, 0.1) is 13.8 Å². The highest BCUT2D eigenvalue weighted by molar-refractivity contribution is 7.17. The number of rotatable bonds is 4. The Kier molecular flexibility index (Phi) is 4.55. The average molecular weight is 411 g/mol. The van der Waals surface area contributed by atoms with Gasteiger partial charge in [-0.2, -0.15) is 5.10 Å². The van der Waals surface area contributed by atoms with Crippen LogP contribution in [0.4, 0.5) is 11.6 Å². The molecule has 0 spiro atoms. The van der Waals surface area contributed by atoms with E-state index in [0.717, 1.165) is 33.6 Å². The Labute approximate surface area is 173 Å². The van der Waals surface area contributed by atoms with Gasteiger partial charge in [-0.25, -0.2) is 4.98 Å². The van der Waals surface area contributed by atoms with Crippen LogP contribution in [0.5, 0.6) is 0 Å². The van der Waals surface area contributed by atoms with Crippen LogP contribution in [0.15, 0.2) is 11.4 Å². The number of H-pyrrole nitrogens is 1. The number of piperazine rings is 1. The fourth-order valence-corrected chi connectivity index (χ4v) is 5.13. The molecule has 152 valence electrons. The third-order valence-electron chi connectivity index (χ3n) is 5.85. The van der Waals surface area contributed by atoms with E-state index in [-0.39, 0.29) is 5.91 Å². The molecular weight excluding hydrogens is 384 g/mol. The molecule has 3 aromatic rings. The Balaban J connectivity index is 1.54. The number of nitrogens with zero attached hydrogens (tertiary/aromatic N) is 3. The highest BCUT2D eigenvalue weighted by Crippen LogP contribution is 2.40. The fraction of sp³-hybridized carbons (Fsp3) is 0.476. The first-order chi connectivity index (χ1) is 14.0. The maximum absolute atomic E-state index is 13.3. The first kappa shape index (κ1) is 18.6. The number of aryl methyl sites for hydroxylation is 2. The highest BCUT2D eigenvalue weighted by Gasteiger charge is 2.28. The fourth-order valence-electron chi connectivity index (χ4n) is 4.06. The normalized spacial score (nSPS) is 19.7. The zero-order valence-corrected chi connectivity index (χ0v) is 17.8. The molecule has 0 radical (unpaired) electrons. The number of pyridine rings is 1. The second-order valence-corrected chi connectivity index (χ2v) is 9.15. The van der Waals surface area contributed by atoms with E-state index in [0.29, 0.717) is 36.6 Å². The van der Waals surface area contributed by atoms with E-state index in [2.05, 4.69) is 46.1 Å². The molecule has 29 heavy (non-hydrogen) atoms. The van der Waals surface area contributed by atoms with Crippen molar-refractivity contribution in [2.45, 2.75) is 45.6 Å². The molecule has 1 aliphatic heterocycles. The summed E-state index contributed by atoms with van der Waals surface area (Å²) in [4.78, 5) is 20.1. The van der Waals surface area contributed by atoms with Gasteiger partial charge in [-0.05, 0) is 50.1 Å². The molecule has 1 saturated heterocycles. The van der Waals surface area contributed by atoms with E-state index < -0.39 is 0 Å². The minimum absolute atomic E-state index is 0.00699. The van der Waals surface area contributed by atoms with E-state index >= 15 is 0 Å². The molecule has 7 nitrogen and oxygen atoms in total. The van der Waals surface area contributed by atoms with E-state index in [1.165, 1.54) is 18.5 Å². The summed E-state index contributed by atoms with van der Waals surface area (Å²) in [6.45, 7) is 8.42. The van der Waals surface area contributed by atoms with Crippen LogP contribution >= 0.6 is 11.3 Å². The summed E-state index contributed by atoms with van der Waals surface area (Å²) < 4.78 is 1.12. The summed E-state index contributed by atoms with van der Waals surface area (Å²) in [7, 11) is 0. The van der Waals surface area contributed by atoms with Gasteiger partial charge in [0, 0.05) is 53.4 Å². The highest BCUT2D eigenvalue weighted by atomic mass is 32.1. The Hall–Kier alpha value is -2.45. The van der Waals surface area contributed by atoms with Crippen LogP contribution in [0.1, 0.15) is 53.0 Å². The van der Waals surface area contributed by atoms with E-state index in [1.54, 1.807) is 11.3 Å². The quantitative estimate of drug-likeness (QED) is 0.611. The van der Waals surface area contributed by atoms with Gasteiger partial charge in [0.1, 0.15) is 11.5 Å². The Morgan fingerprint density at radius 3 is 2.93 bits per heavy atom. The van der Waals surface area contributed by atoms with Crippen LogP contribution in [0.25, 0.3) is 10.1 Å². The summed E-state index contributed by atoms with van der Waals surface area (Å²) in [6, 6.07) is 2.36. The van der Waals surface area contributed by atoms with Crippen molar-refractivity contribution in [2.24, 2.45) is 0 Å². The number of carbonyl (C=O) groups is 1. The zero-order valence-electron chi connectivity index (χ0n) is 17.0. The SMILES string of the molecule is Cc1c(C(=O)N2CCN[C@H](C)C2)nc(Nc2cc(C3CC3)[nH]n2)c2c(C)csc12. The molecule has 2 aliphatic rings. The predicted molar refractivity (Wildman–Crippen MR) is 116 cm³/mol. The lowest BCUT2D eigenvalue weighted by Crippen LogP contribution is -2.51. The minimum Gasteiger partial charge on any atom is -0.334 e. The lowest BCUT2D eigenvalue weighted by Gasteiger charge is -2.32. The zero-order chi connectivity index (χ0) is 20.1. The van der Waals surface area contributed by atoms with Crippen LogP contribution in [-0.2, 0) is 0 Å². The van der Waals surface area contributed by atoms with Gasteiger partial charge in [0.15, 0.2) is 5.82 Å². The third-order valence-corrected chi connectivity index (χ3v) is 7.07. The van der Waals surface area contributed by atoms with Gasteiger partial charge in [0.25, 0.3) is 5.91 Å². The van der Waals surface area contributed by atoms with Crippen molar-refractivity contribution in [1.29, 1.82) is 0 Å². The number of hydrogen-bond donors (Lipinski definition) is 3. The van der Waals surface area contributed by atoms with Crippen molar-refractivity contribution in [3.05, 3.63) is 34.0 Å². The molecule has 0 bridgehead atoms. The molecule has 8 heteroatoms. The number of aromatic amines is 1. The number of fused-ring (bicyclic) bond motifs is 1. The Bertz CT molecular complexity index is 1080. The van der Waals surface area contributed by atoms with Crippen LogP contribution < -0.4 is 10.6 Å². The maximum atomic E-state index is 13.3. The maximum Gasteiger partial charge on any atom is 0.272 e. The lowest BCUT2D eigenvalue weighted by molar-refractivity contribution is 0.0702. The van der Waals surface area contributed by atoms with Gasteiger partial charge < -0.3 is 15.5 Å². The summed E-state index contributed by atoms with van der Waals surface area (Å²) >= 11 is 1.67. The van der Waals surface area contributed by atoms with Crippen molar-refractivity contribution in [2.75, 3.05) is 25.0 Å². The number of thiophene rings is 1. The summed E-state index contributed by atoms with van der Waals surface area (Å²) in [5.41, 5.74) is 3.83. The van der Waals surface area contributed by atoms with Gasteiger partial charge in [0.2, 0.25) is 0 Å². The van der Waals surface area contributed by atoms with Crippen molar-refractivity contribution in [3.63, 3.8) is 0 Å².